The van der Waals surface area contributed by atoms with Crippen LogP contribution in [-0.2, 0) is 12.2 Å². The Bertz CT molecular complexity index is 350. The van der Waals surface area contributed by atoms with Crippen molar-refractivity contribution in [3.8, 4) is 0 Å². The first kappa shape index (κ1) is 11.6. The van der Waals surface area contributed by atoms with Gasteiger partial charge in [-0.1, -0.05) is 6.92 Å². The van der Waals surface area contributed by atoms with Gasteiger partial charge >= 0.3 is 0 Å². The zero-order valence-corrected chi connectivity index (χ0v) is 9.82. The van der Waals surface area contributed by atoms with Crippen LogP contribution in [0.1, 0.15) is 44.7 Å². The molecule has 0 radical (unpaired) electrons. The number of alkyl halides is 1. The molecule has 90 valence electrons. The van der Waals surface area contributed by atoms with E-state index in [0.717, 1.165) is 25.8 Å². The van der Waals surface area contributed by atoms with E-state index in [2.05, 4.69) is 12.0 Å². The van der Waals surface area contributed by atoms with Crippen molar-refractivity contribution in [3.05, 3.63) is 18.0 Å². The van der Waals surface area contributed by atoms with Crippen LogP contribution in [-0.4, -0.2) is 15.8 Å². The van der Waals surface area contributed by atoms with Crippen LogP contribution in [0.25, 0.3) is 0 Å². The maximum absolute atomic E-state index is 14.8. The Labute approximate surface area is 95.8 Å². The number of nitrogens with two attached hydrogens (primary N) is 1. The van der Waals surface area contributed by atoms with Crippen LogP contribution < -0.4 is 5.73 Å². The van der Waals surface area contributed by atoms with Gasteiger partial charge in [0, 0.05) is 25.2 Å². The molecule has 1 saturated carbocycles. The van der Waals surface area contributed by atoms with Gasteiger partial charge in [-0.05, 0) is 31.7 Å². The second-order valence-corrected chi connectivity index (χ2v) is 4.76. The third-order valence-corrected chi connectivity index (χ3v) is 3.34. The van der Waals surface area contributed by atoms with Gasteiger partial charge in [0.05, 0.1) is 5.69 Å². The molecular weight excluding hydrogens is 205 g/mol. The average Bonchev–Trinajstić information content (AvgIpc) is 2.67. The Balaban J connectivity index is 2.23. The zero-order valence-electron chi connectivity index (χ0n) is 9.82. The van der Waals surface area contributed by atoms with Crippen molar-refractivity contribution >= 4 is 0 Å². The molecule has 2 unspecified atom stereocenters. The number of nitrogens with zero attached hydrogens (tertiary/aromatic N) is 2. The van der Waals surface area contributed by atoms with Gasteiger partial charge in [0.2, 0.25) is 0 Å². The van der Waals surface area contributed by atoms with Crippen molar-refractivity contribution in [1.29, 1.82) is 0 Å². The highest BCUT2D eigenvalue weighted by Crippen LogP contribution is 2.40. The fourth-order valence-corrected chi connectivity index (χ4v) is 2.60. The molecule has 1 aromatic rings. The molecule has 1 heterocycles. The monoisotopic (exact) mass is 225 g/mol. The Morgan fingerprint density at radius 3 is 3.19 bits per heavy atom. The molecule has 1 aliphatic rings. The van der Waals surface area contributed by atoms with Crippen LogP contribution in [0.3, 0.4) is 0 Å². The topological polar surface area (TPSA) is 43.8 Å². The fourth-order valence-electron chi connectivity index (χ4n) is 2.60. The van der Waals surface area contributed by atoms with Crippen LogP contribution >= 0.6 is 0 Å². The molecule has 0 aliphatic heterocycles. The summed E-state index contributed by atoms with van der Waals surface area (Å²) < 4.78 is 16.6. The number of hydrogen-bond donors (Lipinski definition) is 1. The SMILES string of the molecule is CCCn1nccc1C1(F)CCCC(N)C1. The molecule has 2 rings (SSSR count). The molecular formula is C12H20FN3. The second kappa shape index (κ2) is 4.53. The van der Waals surface area contributed by atoms with Crippen molar-refractivity contribution in [2.24, 2.45) is 5.73 Å². The lowest BCUT2D eigenvalue weighted by Gasteiger charge is -2.33. The van der Waals surface area contributed by atoms with E-state index >= 15 is 0 Å². The van der Waals surface area contributed by atoms with Crippen LogP contribution in [0.15, 0.2) is 12.3 Å². The van der Waals surface area contributed by atoms with E-state index < -0.39 is 5.67 Å². The number of halogens is 1. The lowest BCUT2D eigenvalue weighted by molar-refractivity contribution is 0.0838. The molecule has 2 N–H and O–H groups in total. The van der Waals surface area contributed by atoms with Gasteiger partial charge in [0.15, 0.2) is 5.67 Å². The largest absolute Gasteiger partial charge is 0.328 e. The third-order valence-electron chi connectivity index (χ3n) is 3.34. The fraction of sp³-hybridized carbons (Fsp3) is 0.750. The molecule has 0 bridgehead atoms. The summed E-state index contributed by atoms with van der Waals surface area (Å²) in [6, 6.07) is 1.79. The van der Waals surface area contributed by atoms with Gasteiger partial charge in [-0.2, -0.15) is 5.10 Å². The van der Waals surface area contributed by atoms with Crippen LogP contribution in [0, 0.1) is 0 Å². The molecule has 0 saturated heterocycles. The zero-order chi connectivity index (χ0) is 11.6. The molecule has 1 aromatic heterocycles. The van der Waals surface area contributed by atoms with Crippen molar-refractivity contribution in [1.82, 2.24) is 9.78 Å². The number of aryl methyl sites for hydroxylation is 1. The lowest BCUT2D eigenvalue weighted by Crippen LogP contribution is -2.37. The standard InChI is InChI=1S/C12H20FN3/c1-2-8-16-11(5-7-15-16)12(13)6-3-4-10(14)9-12/h5,7,10H,2-4,6,8-9,14H2,1H3. The van der Waals surface area contributed by atoms with Crippen molar-refractivity contribution < 1.29 is 4.39 Å². The smallest absolute Gasteiger partial charge is 0.153 e. The van der Waals surface area contributed by atoms with E-state index in [1.54, 1.807) is 16.9 Å². The predicted molar refractivity (Wildman–Crippen MR) is 61.7 cm³/mol. The van der Waals surface area contributed by atoms with Crippen molar-refractivity contribution in [2.45, 2.75) is 57.3 Å². The molecule has 0 aromatic carbocycles. The highest BCUT2D eigenvalue weighted by atomic mass is 19.1. The number of rotatable bonds is 3. The van der Waals surface area contributed by atoms with Gasteiger partial charge in [-0.15, -0.1) is 0 Å². The molecule has 0 spiro atoms. The minimum atomic E-state index is -1.26. The number of aromatic nitrogens is 2. The van der Waals surface area contributed by atoms with Crippen LogP contribution in [0.2, 0.25) is 0 Å². The van der Waals surface area contributed by atoms with Gasteiger partial charge in [-0.25, -0.2) is 4.39 Å². The maximum Gasteiger partial charge on any atom is 0.153 e. The molecule has 3 nitrogen and oxygen atoms in total. The molecule has 1 aliphatic carbocycles. The summed E-state index contributed by atoms with van der Waals surface area (Å²) in [5.41, 5.74) is 5.32. The molecule has 0 amide bonds. The molecule has 2 atom stereocenters. The minimum absolute atomic E-state index is 0.0104. The first-order chi connectivity index (χ1) is 7.65. The normalized spacial score (nSPS) is 30.6. The maximum atomic E-state index is 14.8. The summed E-state index contributed by atoms with van der Waals surface area (Å²) in [5.74, 6) is 0. The molecule has 4 heteroatoms. The van der Waals surface area contributed by atoms with Crippen molar-refractivity contribution in [3.63, 3.8) is 0 Å². The summed E-state index contributed by atoms with van der Waals surface area (Å²) in [6.45, 7) is 2.85. The third kappa shape index (κ3) is 2.12. The summed E-state index contributed by atoms with van der Waals surface area (Å²) in [7, 11) is 0. The van der Waals surface area contributed by atoms with Crippen LogP contribution in [0.5, 0.6) is 0 Å². The summed E-state index contributed by atoms with van der Waals surface area (Å²) >= 11 is 0. The van der Waals surface area contributed by atoms with Gasteiger partial charge in [0.25, 0.3) is 0 Å². The van der Waals surface area contributed by atoms with Gasteiger partial charge in [-0.3, -0.25) is 4.68 Å². The number of hydrogen-bond acceptors (Lipinski definition) is 2. The van der Waals surface area contributed by atoms with E-state index in [-0.39, 0.29) is 6.04 Å². The highest BCUT2D eigenvalue weighted by Gasteiger charge is 2.39. The minimum Gasteiger partial charge on any atom is -0.328 e. The first-order valence-corrected chi connectivity index (χ1v) is 6.12. The van der Waals surface area contributed by atoms with Crippen LogP contribution in [0.4, 0.5) is 4.39 Å². The Hall–Kier alpha value is -0.900. The van der Waals surface area contributed by atoms with Gasteiger partial charge in [0.1, 0.15) is 0 Å². The summed E-state index contributed by atoms with van der Waals surface area (Å²) in [6.07, 6.45) is 5.48. The predicted octanol–water partition coefficient (Wildman–Crippen LogP) is 2.36. The highest BCUT2D eigenvalue weighted by molar-refractivity contribution is 5.14. The summed E-state index contributed by atoms with van der Waals surface area (Å²) in [4.78, 5) is 0. The summed E-state index contributed by atoms with van der Waals surface area (Å²) in [5, 5.41) is 4.19. The quantitative estimate of drug-likeness (QED) is 0.858. The Morgan fingerprint density at radius 2 is 2.50 bits per heavy atom. The van der Waals surface area contributed by atoms with E-state index in [0.29, 0.717) is 18.5 Å². The average molecular weight is 225 g/mol. The van der Waals surface area contributed by atoms with E-state index in [4.69, 9.17) is 5.73 Å². The van der Waals surface area contributed by atoms with Gasteiger partial charge < -0.3 is 5.73 Å². The lowest BCUT2D eigenvalue weighted by atomic mass is 9.81. The van der Waals surface area contributed by atoms with Crippen molar-refractivity contribution in [2.75, 3.05) is 0 Å². The van der Waals surface area contributed by atoms with E-state index in [1.165, 1.54) is 0 Å². The molecule has 16 heavy (non-hydrogen) atoms. The first-order valence-electron chi connectivity index (χ1n) is 6.12. The second-order valence-electron chi connectivity index (χ2n) is 4.76. The van der Waals surface area contributed by atoms with E-state index in [9.17, 15) is 4.39 Å². The molecule has 1 fully saturated rings. The Morgan fingerprint density at radius 1 is 1.69 bits per heavy atom. The Kier molecular flexibility index (Phi) is 3.28. The van der Waals surface area contributed by atoms with E-state index in [1.807, 2.05) is 0 Å².